The summed E-state index contributed by atoms with van der Waals surface area (Å²) in [4.78, 5) is 12.1. The smallest absolute Gasteiger partial charge is 0.232 e. The van der Waals surface area contributed by atoms with Crippen LogP contribution in [0.3, 0.4) is 0 Å². The van der Waals surface area contributed by atoms with Gasteiger partial charge < -0.3 is 10.1 Å². The van der Waals surface area contributed by atoms with Crippen LogP contribution in [-0.2, 0) is 21.2 Å². The second kappa shape index (κ2) is 9.41. The molecule has 1 N–H and O–H groups in total. The largest absolute Gasteiger partial charge is 0.497 e. The highest BCUT2D eigenvalue weighted by molar-refractivity contribution is 7.92. The van der Waals surface area contributed by atoms with E-state index >= 15 is 0 Å². The number of amides is 1. The number of benzene rings is 2. The van der Waals surface area contributed by atoms with Crippen molar-refractivity contribution in [2.24, 2.45) is 0 Å². The molecule has 0 atom stereocenters. The molecule has 6 nitrogen and oxygen atoms in total. The summed E-state index contributed by atoms with van der Waals surface area (Å²) in [6.45, 7) is 2.44. The van der Waals surface area contributed by atoms with E-state index in [4.69, 9.17) is 4.74 Å². The first-order valence-corrected chi connectivity index (χ1v) is 10.6. The Labute approximate surface area is 161 Å². The van der Waals surface area contributed by atoms with E-state index in [-0.39, 0.29) is 18.9 Å². The molecule has 0 radical (unpaired) electrons. The number of sulfonamides is 1. The van der Waals surface area contributed by atoms with E-state index in [0.717, 1.165) is 23.1 Å². The fourth-order valence-corrected chi connectivity index (χ4v) is 3.76. The quantitative estimate of drug-likeness (QED) is 0.714. The van der Waals surface area contributed by atoms with Gasteiger partial charge in [-0.1, -0.05) is 30.3 Å². The number of rotatable bonds is 9. The lowest BCUT2D eigenvalue weighted by atomic mass is 10.1. The zero-order valence-corrected chi connectivity index (χ0v) is 16.8. The summed E-state index contributed by atoms with van der Waals surface area (Å²) >= 11 is 0. The molecule has 0 aliphatic carbocycles. The molecule has 7 heteroatoms. The second-order valence-electron chi connectivity index (χ2n) is 6.32. The van der Waals surface area contributed by atoms with E-state index in [1.54, 1.807) is 19.2 Å². The van der Waals surface area contributed by atoms with Gasteiger partial charge in [0.25, 0.3) is 0 Å². The first-order chi connectivity index (χ1) is 12.8. The number of hydrogen-bond donors (Lipinski definition) is 1. The molecule has 0 aliphatic heterocycles. The molecule has 0 saturated carbocycles. The number of nitrogens with one attached hydrogen (secondary N) is 1. The lowest BCUT2D eigenvalue weighted by Crippen LogP contribution is -2.35. The molecule has 2 aromatic carbocycles. The fraction of sp³-hybridized carbons (Fsp3) is 0.350. The van der Waals surface area contributed by atoms with Crippen LogP contribution in [0.15, 0.2) is 48.5 Å². The number of carbonyl (C=O) groups is 1. The Balaban J connectivity index is 1.89. The molecule has 0 fully saturated rings. The molecule has 1 amide bonds. The van der Waals surface area contributed by atoms with Gasteiger partial charge in [0, 0.05) is 19.5 Å². The van der Waals surface area contributed by atoms with Crippen molar-refractivity contribution in [3.8, 4) is 5.75 Å². The van der Waals surface area contributed by atoms with Crippen molar-refractivity contribution in [2.45, 2.75) is 19.8 Å². The zero-order valence-electron chi connectivity index (χ0n) is 15.9. The summed E-state index contributed by atoms with van der Waals surface area (Å²) < 4.78 is 30.7. The summed E-state index contributed by atoms with van der Waals surface area (Å²) in [6, 6.07) is 14.9. The first kappa shape index (κ1) is 20.8. The van der Waals surface area contributed by atoms with Crippen molar-refractivity contribution in [2.75, 3.05) is 30.8 Å². The van der Waals surface area contributed by atoms with Gasteiger partial charge in [-0.05, 0) is 42.7 Å². The minimum absolute atomic E-state index is 0.0967. The molecule has 0 aliphatic rings. The highest BCUT2D eigenvalue weighted by atomic mass is 32.2. The fourth-order valence-electron chi connectivity index (χ4n) is 2.77. The molecule has 27 heavy (non-hydrogen) atoms. The maximum Gasteiger partial charge on any atom is 0.232 e. The standard InChI is InChI=1S/C20H26N2O4S/c1-16-7-4-5-10-19(16)22(27(3,24)25)14-12-20(23)21-13-11-17-8-6-9-18(15-17)26-2/h4-10,15H,11-14H2,1-3H3,(H,21,23). The van der Waals surface area contributed by atoms with Gasteiger partial charge in [-0.15, -0.1) is 0 Å². The SMILES string of the molecule is COc1cccc(CCNC(=O)CCN(c2ccccc2C)S(C)(=O)=O)c1. The number of ether oxygens (including phenoxy) is 1. The van der Waals surface area contributed by atoms with Gasteiger partial charge in [0.15, 0.2) is 0 Å². The lowest BCUT2D eigenvalue weighted by Gasteiger charge is -2.23. The highest BCUT2D eigenvalue weighted by Gasteiger charge is 2.19. The topological polar surface area (TPSA) is 75.7 Å². The number of nitrogens with zero attached hydrogens (tertiary/aromatic N) is 1. The summed E-state index contributed by atoms with van der Waals surface area (Å²) in [6.07, 6.45) is 1.93. The van der Waals surface area contributed by atoms with E-state index in [1.165, 1.54) is 4.31 Å². The van der Waals surface area contributed by atoms with Crippen molar-refractivity contribution in [1.29, 1.82) is 0 Å². The van der Waals surface area contributed by atoms with Gasteiger partial charge in [0.2, 0.25) is 15.9 Å². The number of anilines is 1. The monoisotopic (exact) mass is 390 g/mol. The molecule has 0 spiro atoms. The number of aryl methyl sites for hydroxylation is 1. The van der Waals surface area contributed by atoms with Crippen LogP contribution < -0.4 is 14.4 Å². The van der Waals surface area contributed by atoms with Crippen molar-refractivity contribution in [3.63, 3.8) is 0 Å². The maximum absolute atomic E-state index is 12.1. The Morgan fingerprint density at radius 2 is 1.89 bits per heavy atom. The Kier molecular flexibility index (Phi) is 7.24. The number of hydrogen-bond acceptors (Lipinski definition) is 4. The van der Waals surface area contributed by atoms with Crippen LogP contribution in [0.4, 0.5) is 5.69 Å². The van der Waals surface area contributed by atoms with E-state index in [9.17, 15) is 13.2 Å². The molecule has 0 aromatic heterocycles. The summed E-state index contributed by atoms with van der Waals surface area (Å²) in [5.74, 6) is 0.598. The highest BCUT2D eigenvalue weighted by Crippen LogP contribution is 2.22. The molecule has 0 bridgehead atoms. The molecule has 146 valence electrons. The van der Waals surface area contributed by atoms with Crippen LogP contribution in [0, 0.1) is 6.92 Å². The molecule has 0 unspecified atom stereocenters. The predicted molar refractivity (Wildman–Crippen MR) is 108 cm³/mol. The summed E-state index contributed by atoms with van der Waals surface area (Å²) in [5.41, 5.74) is 2.51. The van der Waals surface area contributed by atoms with Crippen LogP contribution >= 0.6 is 0 Å². The second-order valence-corrected chi connectivity index (χ2v) is 8.23. The molecule has 2 rings (SSSR count). The van der Waals surface area contributed by atoms with Crippen molar-refractivity contribution < 1.29 is 17.9 Å². The van der Waals surface area contributed by atoms with E-state index in [1.807, 2.05) is 43.3 Å². The Bertz CT molecular complexity index is 881. The van der Waals surface area contributed by atoms with E-state index in [2.05, 4.69) is 5.32 Å². The molecular weight excluding hydrogens is 364 g/mol. The predicted octanol–water partition coefficient (Wildman–Crippen LogP) is 2.52. The van der Waals surface area contributed by atoms with Crippen molar-refractivity contribution >= 4 is 21.6 Å². The average Bonchev–Trinajstić information content (AvgIpc) is 2.62. The van der Waals surface area contributed by atoms with E-state index in [0.29, 0.717) is 18.7 Å². The normalized spacial score (nSPS) is 11.1. The zero-order chi connectivity index (χ0) is 19.9. The number of para-hydroxylation sites is 1. The molecule has 0 heterocycles. The van der Waals surface area contributed by atoms with Crippen molar-refractivity contribution in [1.82, 2.24) is 5.32 Å². The molecule has 0 saturated heterocycles. The minimum atomic E-state index is -3.47. The minimum Gasteiger partial charge on any atom is -0.497 e. The summed E-state index contributed by atoms with van der Waals surface area (Å²) in [7, 11) is -1.85. The van der Waals surface area contributed by atoms with Crippen LogP contribution in [-0.4, -0.2) is 40.8 Å². The van der Waals surface area contributed by atoms with Gasteiger partial charge in [-0.2, -0.15) is 0 Å². The third-order valence-electron chi connectivity index (χ3n) is 4.20. The Hall–Kier alpha value is -2.54. The van der Waals surface area contributed by atoms with Crippen LogP contribution in [0.1, 0.15) is 17.5 Å². The third-order valence-corrected chi connectivity index (χ3v) is 5.38. The number of carbonyl (C=O) groups excluding carboxylic acids is 1. The van der Waals surface area contributed by atoms with Crippen molar-refractivity contribution in [3.05, 3.63) is 59.7 Å². The number of methoxy groups -OCH3 is 1. The maximum atomic E-state index is 12.1. The van der Waals surface area contributed by atoms with Gasteiger partial charge >= 0.3 is 0 Å². The average molecular weight is 391 g/mol. The van der Waals surface area contributed by atoms with E-state index < -0.39 is 10.0 Å². The first-order valence-electron chi connectivity index (χ1n) is 8.74. The lowest BCUT2D eigenvalue weighted by molar-refractivity contribution is -0.120. The Morgan fingerprint density at radius 3 is 2.56 bits per heavy atom. The Morgan fingerprint density at radius 1 is 1.15 bits per heavy atom. The van der Waals surface area contributed by atoms with Gasteiger partial charge in [-0.3, -0.25) is 9.10 Å². The van der Waals surface area contributed by atoms with Gasteiger partial charge in [-0.25, -0.2) is 8.42 Å². The molecule has 2 aromatic rings. The van der Waals surface area contributed by atoms with Gasteiger partial charge in [0.1, 0.15) is 5.75 Å². The van der Waals surface area contributed by atoms with Crippen LogP contribution in [0.2, 0.25) is 0 Å². The third kappa shape index (κ3) is 6.29. The van der Waals surface area contributed by atoms with Gasteiger partial charge in [0.05, 0.1) is 19.1 Å². The van der Waals surface area contributed by atoms with Crippen LogP contribution in [0.25, 0.3) is 0 Å². The van der Waals surface area contributed by atoms with Crippen LogP contribution in [0.5, 0.6) is 5.75 Å². The summed E-state index contributed by atoms with van der Waals surface area (Å²) in [5, 5.41) is 2.84. The molecular formula is C20H26N2O4S.